The van der Waals surface area contributed by atoms with Gasteiger partial charge in [-0.2, -0.15) is 0 Å². The Labute approximate surface area is 255 Å². The topological polar surface area (TPSA) is 120 Å². The summed E-state index contributed by atoms with van der Waals surface area (Å²) in [5.41, 5.74) is 1.73. The molecule has 4 aromatic rings. The number of carbonyl (C=O) groups is 4. The van der Waals surface area contributed by atoms with E-state index in [1.165, 1.54) is 0 Å². The molecule has 0 bridgehead atoms. The van der Waals surface area contributed by atoms with Crippen molar-refractivity contribution < 1.29 is 28.8 Å². The summed E-state index contributed by atoms with van der Waals surface area (Å²) < 4.78 is 7.35. The number of aromatic nitrogens is 2. The van der Waals surface area contributed by atoms with Crippen molar-refractivity contribution in [2.24, 2.45) is 0 Å². The Bertz CT molecular complexity index is 1520. The zero-order valence-corrected chi connectivity index (χ0v) is 24.8. The Morgan fingerprint density at radius 1 is 0.818 bits per heavy atom. The highest BCUT2D eigenvalue weighted by atomic mass is 16.7. The average molecular weight is 595 g/mol. The number of alkyl carbamates (subject to hydrolysis) is 1. The number of nitrogens with one attached hydrogen (secondary N) is 1. The molecule has 0 aliphatic carbocycles. The van der Waals surface area contributed by atoms with Gasteiger partial charge in [-0.15, -0.1) is 5.06 Å². The van der Waals surface area contributed by atoms with Gasteiger partial charge in [0.25, 0.3) is 11.8 Å². The first-order valence-corrected chi connectivity index (χ1v) is 14.3. The van der Waals surface area contributed by atoms with E-state index in [1.54, 1.807) is 27.1 Å². The molecule has 1 aliphatic heterocycles. The number of ether oxygens (including phenoxy) is 1. The van der Waals surface area contributed by atoms with E-state index in [9.17, 15) is 19.2 Å². The lowest BCUT2D eigenvalue weighted by Crippen LogP contribution is -2.48. The summed E-state index contributed by atoms with van der Waals surface area (Å²) in [4.78, 5) is 60.1. The standard InChI is InChI=1S/C34H34N4O6/c1-33(2,3)43-32(42)36-28(31(41)44-38-29(39)19-20-30(38)40)21-27-22-37(23-35-27)34(24-13-7-4-8-14-24,25-15-9-5-10-16-25)26-17-11-6-12-18-26/h4-18,22-23,28H,19-21H2,1-3H3,(H,36,42)/t28-/m0/s1. The van der Waals surface area contributed by atoms with Crippen LogP contribution in [-0.4, -0.2) is 50.1 Å². The van der Waals surface area contributed by atoms with Gasteiger partial charge in [-0.1, -0.05) is 91.0 Å². The number of hydrogen-bond donors (Lipinski definition) is 1. The predicted octanol–water partition coefficient (Wildman–Crippen LogP) is 4.77. The van der Waals surface area contributed by atoms with Crippen molar-refractivity contribution in [3.63, 3.8) is 0 Å². The normalized spacial score (nSPS) is 14.3. The van der Waals surface area contributed by atoms with E-state index in [-0.39, 0.29) is 19.3 Å². The monoisotopic (exact) mass is 594 g/mol. The number of hydrogen-bond acceptors (Lipinski definition) is 7. The van der Waals surface area contributed by atoms with Crippen molar-refractivity contribution in [1.29, 1.82) is 0 Å². The third-order valence-corrected chi connectivity index (χ3v) is 7.17. The molecular weight excluding hydrogens is 560 g/mol. The number of imide groups is 1. The summed E-state index contributed by atoms with van der Waals surface area (Å²) in [6.07, 6.45) is 2.44. The summed E-state index contributed by atoms with van der Waals surface area (Å²) >= 11 is 0. The summed E-state index contributed by atoms with van der Waals surface area (Å²) in [6.45, 7) is 5.08. The highest BCUT2D eigenvalue weighted by molar-refractivity contribution is 6.01. The number of hydroxylamine groups is 2. The van der Waals surface area contributed by atoms with Crippen molar-refractivity contribution >= 4 is 23.9 Å². The van der Waals surface area contributed by atoms with Crippen molar-refractivity contribution in [1.82, 2.24) is 19.9 Å². The van der Waals surface area contributed by atoms with E-state index in [2.05, 4.69) is 10.3 Å². The molecule has 226 valence electrons. The molecule has 10 nitrogen and oxygen atoms in total. The molecule has 1 saturated heterocycles. The van der Waals surface area contributed by atoms with Gasteiger partial charge in [0.1, 0.15) is 17.2 Å². The van der Waals surface area contributed by atoms with Gasteiger partial charge >= 0.3 is 12.1 Å². The van der Waals surface area contributed by atoms with Gasteiger partial charge in [0, 0.05) is 25.5 Å². The van der Waals surface area contributed by atoms with Crippen LogP contribution in [0.1, 0.15) is 56.0 Å². The summed E-state index contributed by atoms with van der Waals surface area (Å²) in [7, 11) is 0. The van der Waals surface area contributed by atoms with Gasteiger partial charge in [0.2, 0.25) is 0 Å². The van der Waals surface area contributed by atoms with Crippen LogP contribution in [0.2, 0.25) is 0 Å². The largest absolute Gasteiger partial charge is 0.444 e. The number of nitrogens with zero attached hydrogens (tertiary/aromatic N) is 3. The van der Waals surface area contributed by atoms with Crippen LogP contribution in [0.3, 0.4) is 0 Å². The van der Waals surface area contributed by atoms with Crippen LogP contribution in [-0.2, 0) is 35.9 Å². The van der Waals surface area contributed by atoms with Crippen LogP contribution < -0.4 is 5.32 Å². The lowest BCUT2D eigenvalue weighted by atomic mass is 9.77. The molecule has 1 fully saturated rings. The van der Waals surface area contributed by atoms with Gasteiger partial charge in [0.15, 0.2) is 0 Å². The molecule has 0 unspecified atom stereocenters. The minimum atomic E-state index is -1.31. The van der Waals surface area contributed by atoms with Crippen molar-refractivity contribution in [3.8, 4) is 0 Å². The quantitative estimate of drug-likeness (QED) is 0.219. The average Bonchev–Trinajstić information content (AvgIpc) is 3.60. The first-order valence-electron chi connectivity index (χ1n) is 14.3. The Morgan fingerprint density at radius 3 is 1.75 bits per heavy atom. The van der Waals surface area contributed by atoms with E-state index in [1.807, 2.05) is 102 Å². The molecule has 44 heavy (non-hydrogen) atoms. The Hall–Kier alpha value is -5.25. The number of rotatable bonds is 9. The Balaban J connectivity index is 1.54. The molecule has 1 atom stereocenters. The van der Waals surface area contributed by atoms with Gasteiger partial charge in [-0.25, -0.2) is 14.6 Å². The van der Waals surface area contributed by atoms with Crippen molar-refractivity contribution in [2.75, 3.05) is 0 Å². The summed E-state index contributed by atoms with van der Waals surface area (Å²) in [5, 5.41) is 2.99. The molecule has 0 saturated carbocycles. The number of benzene rings is 3. The number of imidazole rings is 1. The van der Waals surface area contributed by atoms with Gasteiger partial charge in [-0.3, -0.25) is 9.59 Å². The summed E-state index contributed by atoms with van der Waals surface area (Å²) in [5.74, 6) is -2.24. The maximum Gasteiger partial charge on any atom is 0.408 e. The van der Waals surface area contributed by atoms with Crippen molar-refractivity contribution in [3.05, 3.63) is 126 Å². The Kier molecular flexibility index (Phi) is 8.61. The Morgan fingerprint density at radius 2 is 1.30 bits per heavy atom. The molecule has 1 aliphatic rings. The van der Waals surface area contributed by atoms with Crippen LogP contribution in [0.4, 0.5) is 4.79 Å². The molecule has 1 aromatic heterocycles. The third-order valence-electron chi connectivity index (χ3n) is 7.17. The van der Waals surface area contributed by atoms with Crippen LogP contribution in [0, 0.1) is 0 Å². The smallest absolute Gasteiger partial charge is 0.408 e. The van der Waals surface area contributed by atoms with Gasteiger partial charge < -0.3 is 19.5 Å². The zero-order valence-electron chi connectivity index (χ0n) is 24.8. The minimum absolute atomic E-state index is 0.0543. The molecule has 0 spiro atoms. The zero-order chi connectivity index (χ0) is 31.3. The fraction of sp³-hybridized carbons (Fsp3) is 0.265. The highest BCUT2D eigenvalue weighted by Crippen LogP contribution is 2.40. The van der Waals surface area contributed by atoms with E-state index in [0.29, 0.717) is 10.8 Å². The van der Waals surface area contributed by atoms with Crippen LogP contribution in [0.25, 0.3) is 0 Å². The summed E-state index contributed by atoms with van der Waals surface area (Å²) in [6, 6.07) is 28.7. The first-order chi connectivity index (χ1) is 21.1. The van der Waals surface area contributed by atoms with Gasteiger partial charge in [0.05, 0.1) is 12.0 Å². The number of amides is 3. The lowest BCUT2D eigenvalue weighted by molar-refractivity contribution is -0.198. The maximum absolute atomic E-state index is 13.3. The fourth-order valence-corrected chi connectivity index (χ4v) is 5.30. The van der Waals surface area contributed by atoms with Crippen LogP contribution in [0.15, 0.2) is 104 Å². The van der Waals surface area contributed by atoms with E-state index in [4.69, 9.17) is 9.57 Å². The molecule has 0 radical (unpaired) electrons. The van der Waals surface area contributed by atoms with Crippen molar-refractivity contribution in [2.45, 2.75) is 57.2 Å². The lowest BCUT2D eigenvalue weighted by Gasteiger charge is -2.37. The predicted molar refractivity (Wildman–Crippen MR) is 161 cm³/mol. The second-order valence-corrected chi connectivity index (χ2v) is 11.5. The van der Waals surface area contributed by atoms with E-state index >= 15 is 0 Å². The van der Waals surface area contributed by atoms with Crippen LogP contribution >= 0.6 is 0 Å². The third kappa shape index (κ3) is 6.39. The second kappa shape index (κ2) is 12.5. The number of carbonyl (C=O) groups excluding carboxylic acids is 4. The molecular formula is C34H34N4O6. The van der Waals surface area contributed by atoms with Gasteiger partial charge in [-0.05, 0) is 37.5 Å². The maximum atomic E-state index is 13.3. The first kappa shape index (κ1) is 30.2. The molecule has 10 heteroatoms. The minimum Gasteiger partial charge on any atom is -0.444 e. The molecule has 3 aromatic carbocycles. The fourth-order valence-electron chi connectivity index (χ4n) is 5.30. The molecule has 5 rings (SSSR count). The molecule has 2 heterocycles. The SMILES string of the molecule is CC(C)(C)OC(=O)N[C@@H](Cc1cn(C(c2ccccc2)(c2ccccc2)c2ccccc2)cn1)C(=O)ON1C(=O)CCC1=O. The molecule has 1 N–H and O–H groups in total. The molecule has 3 amide bonds. The highest BCUT2D eigenvalue weighted by Gasteiger charge is 2.39. The van der Waals surface area contributed by atoms with Crippen LogP contribution in [0.5, 0.6) is 0 Å². The second-order valence-electron chi connectivity index (χ2n) is 11.5. The van der Waals surface area contributed by atoms with E-state index < -0.39 is 41.1 Å². The van der Waals surface area contributed by atoms with E-state index in [0.717, 1.165) is 16.7 Å².